The first-order valence-electron chi connectivity index (χ1n) is 17.7. The third kappa shape index (κ3) is 15.1. The van der Waals surface area contributed by atoms with Crippen molar-refractivity contribution in [1.82, 2.24) is 10.3 Å². The van der Waals surface area contributed by atoms with Crippen molar-refractivity contribution in [1.29, 1.82) is 0 Å². The number of nitrogens with two attached hydrogens (primary N) is 1. The zero-order valence-electron chi connectivity index (χ0n) is 28.5. The minimum atomic E-state index is -1.04. The van der Waals surface area contributed by atoms with Gasteiger partial charge in [-0.3, -0.25) is 19.4 Å². The van der Waals surface area contributed by atoms with Crippen molar-refractivity contribution in [3.8, 4) is 0 Å². The lowest BCUT2D eigenvalue weighted by atomic mass is 10.0. The first-order chi connectivity index (χ1) is 23.4. The minimum absolute atomic E-state index is 0.0630. The number of unbranched alkanes of at least 4 members (excludes halogenated alkanes) is 10. The van der Waals surface area contributed by atoms with Crippen molar-refractivity contribution in [3.63, 3.8) is 0 Å². The van der Waals surface area contributed by atoms with Gasteiger partial charge in [-0.15, -0.1) is 0 Å². The molecule has 0 aliphatic rings. The number of fused-ring (bicyclic) bond motifs is 1. The molecule has 0 fully saturated rings. The molecule has 0 aliphatic heterocycles. The number of ether oxygens (including phenoxy) is 2. The highest BCUT2D eigenvalue weighted by Crippen LogP contribution is 2.18. The SMILES string of the molecule is CCCCCCCCCCCCC[C@H](CC(N)=O)OC(=O)[C@@H](CCCC(=O)OCc1ccccc1)NC(=O)c1cnc2ccccc2c1. The highest BCUT2D eigenvalue weighted by molar-refractivity contribution is 5.99. The van der Waals surface area contributed by atoms with E-state index < -0.39 is 35.9 Å². The topological polar surface area (TPSA) is 138 Å². The summed E-state index contributed by atoms with van der Waals surface area (Å²) in [5, 5.41) is 3.57. The lowest BCUT2D eigenvalue weighted by Crippen LogP contribution is -2.43. The Balaban J connectivity index is 1.54. The van der Waals surface area contributed by atoms with Crippen LogP contribution in [0.2, 0.25) is 0 Å². The van der Waals surface area contributed by atoms with Gasteiger partial charge >= 0.3 is 11.9 Å². The van der Waals surface area contributed by atoms with Crippen molar-refractivity contribution in [2.75, 3.05) is 0 Å². The van der Waals surface area contributed by atoms with E-state index in [1.807, 2.05) is 54.6 Å². The van der Waals surface area contributed by atoms with Crippen LogP contribution in [0.1, 0.15) is 126 Å². The second-order valence-electron chi connectivity index (χ2n) is 12.5. The number of pyridine rings is 1. The number of amides is 2. The first kappa shape index (κ1) is 38.2. The summed E-state index contributed by atoms with van der Waals surface area (Å²) in [5.41, 5.74) is 7.42. The number of rotatable bonds is 24. The van der Waals surface area contributed by atoms with Gasteiger partial charge in [0.25, 0.3) is 5.91 Å². The third-order valence-corrected chi connectivity index (χ3v) is 8.40. The molecule has 3 N–H and O–H groups in total. The molecule has 260 valence electrons. The Hall–Kier alpha value is -4.27. The Morgan fingerprint density at radius 2 is 1.44 bits per heavy atom. The molecule has 1 heterocycles. The fourth-order valence-electron chi connectivity index (χ4n) is 5.66. The number of aromatic nitrogens is 1. The van der Waals surface area contributed by atoms with Crippen molar-refractivity contribution in [3.05, 3.63) is 78.0 Å². The average Bonchev–Trinajstić information content (AvgIpc) is 3.09. The number of hydrogen-bond donors (Lipinski definition) is 2. The highest BCUT2D eigenvalue weighted by atomic mass is 16.5. The normalized spacial score (nSPS) is 12.3. The van der Waals surface area contributed by atoms with Crippen LogP contribution in [0.25, 0.3) is 10.9 Å². The molecule has 3 rings (SSSR count). The largest absolute Gasteiger partial charge is 0.461 e. The van der Waals surface area contributed by atoms with Crippen molar-refractivity contribution in [2.45, 2.75) is 128 Å². The summed E-state index contributed by atoms with van der Waals surface area (Å²) in [6, 6.07) is 17.5. The summed E-state index contributed by atoms with van der Waals surface area (Å²) in [6.07, 6.45) is 14.7. The molecule has 0 aliphatic carbocycles. The monoisotopic (exact) mass is 659 g/mol. The summed E-state index contributed by atoms with van der Waals surface area (Å²) >= 11 is 0. The molecule has 1 aromatic heterocycles. The molecule has 2 atom stereocenters. The molecule has 0 saturated heterocycles. The maximum atomic E-state index is 13.5. The maximum Gasteiger partial charge on any atom is 0.328 e. The Morgan fingerprint density at radius 1 is 0.792 bits per heavy atom. The molecular weight excluding hydrogens is 606 g/mol. The second-order valence-corrected chi connectivity index (χ2v) is 12.5. The van der Waals surface area contributed by atoms with E-state index in [1.165, 1.54) is 57.6 Å². The molecule has 0 saturated carbocycles. The van der Waals surface area contributed by atoms with Crippen molar-refractivity contribution in [2.24, 2.45) is 5.73 Å². The Labute approximate surface area is 285 Å². The number of para-hydroxylation sites is 1. The Kier molecular flexibility index (Phi) is 17.8. The van der Waals surface area contributed by atoms with Crippen molar-refractivity contribution >= 4 is 34.7 Å². The van der Waals surface area contributed by atoms with E-state index in [4.69, 9.17) is 15.2 Å². The summed E-state index contributed by atoms with van der Waals surface area (Å²) in [6.45, 7) is 2.39. The van der Waals surface area contributed by atoms with Gasteiger partial charge in [0.1, 0.15) is 18.8 Å². The van der Waals surface area contributed by atoms with Gasteiger partial charge in [0, 0.05) is 18.0 Å². The zero-order valence-corrected chi connectivity index (χ0v) is 28.5. The predicted molar refractivity (Wildman–Crippen MR) is 188 cm³/mol. The number of nitrogens with one attached hydrogen (secondary N) is 1. The van der Waals surface area contributed by atoms with E-state index in [0.717, 1.165) is 35.7 Å². The number of nitrogens with zero attached hydrogens (tertiary/aromatic N) is 1. The summed E-state index contributed by atoms with van der Waals surface area (Å²) in [7, 11) is 0. The molecular formula is C39H53N3O6. The molecule has 0 spiro atoms. The van der Waals surface area contributed by atoms with E-state index in [9.17, 15) is 19.2 Å². The van der Waals surface area contributed by atoms with Gasteiger partial charge in [-0.1, -0.05) is 120 Å². The molecule has 3 aromatic rings. The fourth-order valence-corrected chi connectivity index (χ4v) is 5.66. The third-order valence-electron chi connectivity index (χ3n) is 8.40. The molecule has 0 unspecified atom stereocenters. The van der Waals surface area contributed by atoms with Gasteiger partial charge in [-0.05, 0) is 43.4 Å². The highest BCUT2D eigenvalue weighted by Gasteiger charge is 2.27. The fraction of sp³-hybridized carbons (Fsp3) is 0.513. The second kappa shape index (κ2) is 22.3. The smallest absolute Gasteiger partial charge is 0.328 e. The Morgan fingerprint density at radius 3 is 2.12 bits per heavy atom. The lowest BCUT2D eigenvalue weighted by Gasteiger charge is -2.22. The summed E-state index contributed by atoms with van der Waals surface area (Å²) < 4.78 is 11.2. The van der Waals surface area contributed by atoms with Crippen LogP contribution in [-0.4, -0.2) is 40.9 Å². The van der Waals surface area contributed by atoms with Crippen LogP contribution in [0.4, 0.5) is 0 Å². The lowest BCUT2D eigenvalue weighted by molar-refractivity contribution is -0.153. The van der Waals surface area contributed by atoms with Gasteiger partial charge in [0.2, 0.25) is 5.91 Å². The maximum absolute atomic E-state index is 13.5. The predicted octanol–water partition coefficient (Wildman–Crippen LogP) is 7.74. The van der Waals surface area contributed by atoms with Gasteiger partial charge < -0.3 is 20.5 Å². The molecule has 2 amide bonds. The number of carbonyl (C=O) groups excluding carboxylic acids is 4. The molecule has 48 heavy (non-hydrogen) atoms. The van der Waals surface area contributed by atoms with Crippen LogP contribution < -0.4 is 11.1 Å². The zero-order chi connectivity index (χ0) is 34.4. The van der Waals surface area contributed by atoms with Crippen molar-refractivity contribution < 1.29 is 28.7 Å². The van der Waals surface area contributed by atoms with E-state index in [-0.39, 0.29) is 32.3 Å². The summed E-state index contributed by atoms with van der Waals surface area (Å²) in [4.78, 5) is 55.4. The quantitative estimate of drug-likeness (QED) is 0.0741. The number of esters is 2. The van der Waals surface area contributed by atoms with Gasteiger partial charge in [0.05, 0.1) is 17.5 Å². The molecule has 0 radical (unpaired) electrons. The van der Waals surface area contributed by atoms with Crippen LogP contribution in [0.3, 0.4) is 0 Å². The van der Waals surface area contributed by atoms with Gasteiger partial charge in [-0.2, -0.15) is 0 Å². The van der Waals surface area contributed by atoms with E-state index in [0.29, 0.717) is 12.0 Å². The summed E-state index contributed by atoms with van der Waals surface area (Å²) in [5.74, 6) is -2.11. The number of hydrogen-bond acceptors (Lipinski definition) is 7. The molecule has 9 heteroatoms. The minimum Gasteiger partial charge on any atom is -0.461 e. The van der Waals surface area contributed by atoms with E-state index >= 15 is 0 Å². The number of primary amides is 1. The molecule has 2 aromatic carbocycles. The molecule has 9 nitrogen and oxygen atoms in total. The van der Waals surface area contributed by atoms with Crippen LogP contribution in [0.15, 0.2) is 66.9 Å². The van der Waals surface area contributed by atoms with Gasteiger partial charge in [0.15, 0.2) is 0 Å². The van der Waals surface area contributed by atoms with Gasteiger partial charge in [-0.25, -0.2) is 4.79 Å². The first-order valence-corrected chi connectivity index (χ1v) is 17.7. The van der Waals surface area contributed by atoms with E-state index in [2.05, 4.69) is 17.2 Å². The van der Waals surface area contributed by atoms with E-state index in [1.54, 1.807) is 6.07 Å². The number of benzene rings is 2. The van der Waals surface area contributed by atoms with Crippen LogP contribution in [0.5, 0.6) is 0 Å². The standard InChI is InChI=1S/C39H53N3O6/c1-2-3-4-5-6-7-8-9-10-11-15-22-33(27-36(40)43)48-39(46)35(24-18-25-37(44)47-29-30-19-13-12-14-20-30)42-38(45)32-26-31-21-16-17-23-34(31)41-28-32/h12-14,16-17,19-21,23,26,28,33,35H,2-11,15,18,22,24-25,27,29H2,1H3,(H2,40,43)(H,42,45)/t33-,35-/m1/s1. The van der Waals surface area contributed by atoms with Crippen LogP contribution >= 0.6 is 0 Å². The Bertz CT molecular complexity index is 1410. The number of carbonyl (C=O) groups is 4. The van der Waals surface area contributed by atoms with Crippen LogP contribution in [0, 0.1) is 0 Å². The van der Waals surface area contributed by atoms with Crippen LogP contribution in [-0.2, 0) is 30.5 Å². The average molecular weight is 660 g/mol. The molecule has 0 bridgehead atoms.